The van der Waals surface area contributed by atoms with Gasteiger partial charge in [0.2, 0.25) is 16.8 Å². The van der Waals surface area contributed by atoms with Crippen LogP contribution in [0, 0.1) is 6.92 Å². The number of nitrogens with two attached hydrogens (primary N) is 1. The van der Waals surface area contributed by atoms with Crippen LogP contribution in [0.1, 0.15) is 16.1 Å². The van der Waals surface area contributed by atoms with Crippen molar-refractivity contribution in [3.63, 3.8) is 0 Å². The number of anilines is 1. The maximum atomic E-state index is 12.0. The number of nitrogens with one attached hydrogen (secondary N) is 1. The van der Waals surface area contributed by atoms with Crippen LogP contribution in [0.4, 0.5) is 5.69 Å². The van der Waals surface area contributed by atoms with Gasteiger partial charge in [0.1, 0.15) is 0 Å². The van der Waals surface area contributed by atoms with Crippen LogP contribution in [0.25, 0.3) is 0 Å². The second-order valence-corrected chi connectivity index (χ2v) is 7.40. The highest BCUT2D eigenvalue weighted by atomic mass is 32.2. The van der Waals surface area contributed by atoms with E-state index in [1.807, 2.05) is 19.1 Å². The van der Waals surface area contributed by atoms with Crippen molar-refractivity contribution in [1.82, 2.24) is 4.90 Å². The maximum absolute atomic E-state index is 12.0. The van der Waals surface area contributed by atoms with E-state index in [-0.39, 0.29) is 6.54 Å². The minimum absolute atomic E-state index is 0.249. The van der Waals surface area contributed by atoms with Gasteiger partial charge in [-0.15, -0.1) is 0 Å². The summed E-state index contributed by atoms with van der Waals surface area (Å²) in [5.41, 5.74) is 1.63. The van der Waals surface area contributed by atoms with Gasteiger partial charge in [0.15, 0.2) is 6.61 Å². The van der Waals surface area contributed by atoms with Crippen molar-refractivity contribution < 1.29 is 32.0 Å². The van der Waals surface area contributed by atoms with Gasteiger partial charge in [-0.1, -0.05) is 17.7 Å². The van der Waals surface area contributed by atoms with Crippen LogP contribution >= 0.6 is 0 Å². The average Bonchev–Trinajstić information content (AvgIpc) is 3.12. The van der Waals surface area contributed by atoms with Gasteiger partial charge < -0.3 is 19.4 Å². The molecule has 0 bridgehead atoms. The number of aryl methyl sites for hydroxylation is 1. The Morgan fingerprint density at radius 3 is 2.36 bits per heavy atom. The van der Waals surface area contributed by atoms with Gasteiger partial charge in [-0.2, -0.15) is 0 Å². The maximum Gasteiger partial charge on any atom is 0.374 e. The number of primary sulfonamides is 1. The van der Waals surface area contributed by atoms with Crippen LogP contribution in [-0.4, -0.2) is 51.3 Å². The second kappa shape index (κ2) is 8.67. The third kappa shape index (κ3) is 5.93. The first-order valence-electron chi connectivity index (χ1n) is 7.96. The number of amides is 2. The lowest BCUT2D eigenvalue weighted by molar-refractivity contribution is -0.136. The van der Waals surface area contributed by atoms with Gasteiger partial charge in [-0.25, -0.2) is 18.4 Å². The molecule has 1 aromatic carbocycles. The SMILES string of the molecule is Cc1ccc(NC(=O)CN(C)C(=O)COC(=O)c2ccc(S(N)(=O)=O)o2)cc1. The molecule has 2 rings (SSSR count). The molecule has 1 heterocycles. The van der Waals surface area contributed by atoms with Gasteiger partial charge in [-0.05, 0) is 31.2 Å². The zero-order valence-electron chi connectivity index (χ0n) is 15.2. The number of carbonyl (C=O) groups excluding carboxylic acids is 3. The summed E-state index contributed by atoms with van der Waals surface area (Å²) >= 11 is 0. The molecule has 0 fully saturated rings. The highest BCUT2D eigenvalue weighted by Gasteiger charge is 2.20. The van der Waals surface area contributed by atoms with E-state index in [1.54, 1.807) is 12.1 Å². The van der Waals surface area contributed by atoms with Crippen LogP contribution < -0.4 is 10.5 Å². The van der Waals surface area contributed by atoms with E-state index < -0.39 is 45.3 Å². The van der Waals surface area contributed by atoms with Gasteiger partial charge in [0.25, 0.3) is 15.9 Å². The summed E-state index contributed by atoms with van der Waals surface area (Å²) in [5, 5.41) is 6.91. The Morgan fingerprint density at radius 2 is 1.79 bits per heavy atom. The number of hydrogen-bond donors (Lipinski definition) is 2. The molecule has 0 unspecified atom stereocenters. The minimum Gasteiger partial charge on any atom is -0.450 e. The summed E-state index contributed by atoms with van der Waals surface area (Å²) in [6.07, 6.45) is 0. The van der Waals surface area contributed by atoms with Gasteiger partial charge in [-0.3, -0.25) is 9.59 Å². The van der Waals surface area contributed by atoms with Crippen molar-refractivity contribution >= 4 is 33.5 Å². The van der Waals surface area contributed by atoms with Crippen molar-refractivity contribution in [3.8, 4) is 0 Å². The fourth-order valence-corrected chi connectivity index (χ4v) is 2.50. The fraction of sp³-hybridized carbons (Fsp3) is 0.235. The largest absolute Gasteiger partial charge is 0.450 e. The molecule has 0 aliphatic heterocycles. The first-order chi connectivity index (χ1) is 13.1. The van der Waals surface area contributed by atoms with Crippen molar-refractivity contribution in [2.75, 3.05) is 25.5 Å². The Balaban J connectivity index is 1.83. The lowest BCUT2D eigenvalue weighted by Crippen LogP contribution is -2.37. The Hall–Kier alpha value is -3.18. The van der Waals surface area contributed by atoms with Gasteiger partial charge in [0, 0.05) is 12.7 Å². The highest BCUT2D eigenvalue weighted by Crippen LogP contribution is 2.13. The van der Waals surface area contributed by atoms with E-state index in [0.29, 0.717) is 5.69 Å². The van der Waals surface area contributed by atoms with Crippen molar-refractivity contribution in [3.05, 3.63) is 47.7 Å². The number of benzene rings is 1. The predicted octanol–water partition coefficient (Wildman–Crippen LogP) is 0.489. The monoisotopic (exact) mass is 409 g/mol. The number of nitrogens with zero attached hydrogens (tertiary/aromatic N) is 1. The Bertz CT molecular complexity index is 980. The number of likely N-dealkylation sites (N-methyl/N-ethyl adjacent to an activating group) is 1. The molecule has 0 radical (unpaired) electrons. The van der Waals surface area contributed by atoms with Crippen LogP contribution in [0.2, 0.25) is 0 Å². The van der Waals surface area contributed by atoms with Crippen molar-refractivity contribution in [1.29, 1.82) is 0 Å². The molecule has 0 atom stereocenters. The van der Waals surface area contributed by atoms with E-state index in [9.17, 15) is 22.8 Å². The smallest absolute Gasteiger partial charge is 0.374 e. The standard InChI is InChI=1S/C17H19N3O7S/c1-11-3-5-12(6-4-11)19-14(21)9-20(2)15(22)10-26-17(23)13-7-8-16(27-13)28(18,24)25/h3-8H,9-10H2,1-2H3,(H,19,21)(H2,18,24,25). The van der Waals surface area contributed by atoms with E-state index in [1.165, 1.54) is 7.05 Å². The molecule has 3 N–H and O–H groups in total. The van der Waals surface area contributed by atoms with Gasteiger partial charge >= 0.3 is 5.97 Å². The van der Waals surface area contributed by atoms with Crippen LogP contribution in [0.5, 0.6) is 0 Å². The molecule has 28 heavy (non-hydrogen) atoms. The van der Waals surface area contributed by atoms with E-state index in [4.69, 9.17) is 14.3 Å². The molecule has 10 nitrogen and oxygen atoms in total. The van der Waals surface area contributed by atoms with E-state index in [2.05, 4.69) is 5.32 Å². The highest BCUT2D eigenvalue weighted by molar-refractivity contribution is 7.89. The summed E-state index contributed by atoms with van der Waals surface area (Å²) in [6, 6.07) is 9.19. The van der Waals surface area contributed by atoms with Crippen molar-refractivity contribution in [2.24, 2.45) is 5.14 Å². The number of carbonyl (C=O) groups is 3. The molecule has 11 heteroatoms. The van der Waals surface area contributed by atoms with Crippen molar-refractivity contribution in [2.45, 2.75) is 12.0 Å². The summed E-state index contributed by atoms with van der Waals surface area (Å²) in [4.78, 5) is 36.8. The molecule has 0 spiro atoms. The van der Waals surface area contributed by atoms with Gasteiger partial charge in [0.05, 0.1) is 6.54 Å². The summed E-state index contributed by atoms with van der Waals surface area (Å²) in [5.74, 6) is -2.52. The second-order valence-electron chi connectivity index (χ2n) is 5.90. The molecule has 0 aliphatic carbocycles. The lowest BCUT2D eigenvalue weighted by atomic mass is 10.2. The summed E-state index contributed by atoms with van der Waals surface area (Å²) in [6.45, 7) is 1.01. The average molecular weight is 409 g/mol. The van der Waals surface area contributed by atoms with Crippen LogP contribution in [0.3, 0.4) is 0 Å². The summed E-state index contributed by atoms with van der Waals surface area (Å²) in [7, 11) is -2.72. The predicted molar refractivity (Wildman–Crippen MR) is 97.8 cm³/mol. The molecule has 1 aromatic heterocycles. The third-order valence-corrected chi connectivity index (χ3v) is 4.31. The number of furan rings is 1. The fourth-order valence-electron chi connectivity index (χ4n) is 2.03. The Kier molecular flexibility index (Phi) is 6.54. The molecule has 2 aromatic rings. The Labute approximate surface area is 161 Å². The third-order valence-electron chi connectivity index (χ3n) is 3.53. The molecule has 150 valence electrons. The quantitative estimate of drug-likeness (QED) is 0.632. The molecular formula is C17H19N3O7S. The molecule has 0 saturated carbocycles. The molecule has 2 amide bonds. The zero-order valence-corrected chi connectivity index (χ0v) is 16.0. The molecule has 0 aliphatic rings. The minimum atomic E-state index is -4.10. The summed E-state index contributed by atoms with van der Waals surface area (Å²) < 4.78 is 31.7. The van der Waals surface area contributed by atoms with E-state index >= 15 is 0 Å². The number of rotatable bonds is 7. The number of ether oxygens (including phenoxy) is 1. The van der Waals surface area contributed by atoms with E-state index in [0.717, 1.165) is 22.6 Å². The zero-order chi connectivity index (χ0) is 20.9. The first-order valence-corrected chi connectivity index (χ1v) is 9.51. The topological polar surface area (TPSA) is 149 Å². The lowest BCUT2D eigenvalue weighted by Gasteiger charge is -2.16. The number of sulfonamides is 1. The molecule has 0 saturated heterocycles. The molecular weight excluding hydrogens is 390 g/mol. The van der Waals surface area contributed by atoms with Crippen LogP contribution in [0.15, 0.2) is 45.9 Å². The normalized spacial score (nSPS) is 11.0. The van der Waals surface area contributed by atoms with Crippen LogP contribution in [-0.2, 0) is 24.3 Å². The number of hydrogen-bond acceptors (Lipinski definition) is 7. The first kappa shape index (κ1) is 21.1. The number of esters is 1. The Morgan fingerprint density at radius 1 is 1.14 bits per heavy atom.